The van der Waals surface area contributed by atoms with Crippen LogP contribution in [0.3, 0.4) is 0 Å². The summed E-state index contributed by atoms with van der Waals surface area (Å²) >= 11 is 1.79. The summed E-state index contributed by atoms with van der Waals surface area (Å²) in [6, 6.07) is 32.4. The number of fused-ring (bicyclic) bond motifs is 2. The van der Waals surface area contributed by atoms with Gasteiger partial charge in [-0.05, 0) is 64.4 Å². The number of rotatable bonds is 3. The molecule has 0 bridgehead atoms. The van der Waals surface area contributed by atoms with Gasteiger partial charge in [0.15, 0.2) is 0 Å². The molecule has 3 heterocycles. The van der Waals surface area contributed by atoms with Gasteiger partial charge in [0.1, 0.15) is 0 Å². The fraction of sp³-hybridized carbons (Fsp3) is 0. The molecule has 0 unspecified atom stereocenters. The minimum atomic E-state index is 1.11. The molecule has 0 spiro atoms. The molecule has 0 radical (unpaired) electrons. The lowest BCUT2D eigenvalue weighted by atomic mass is 10.0. The molecule has 0 saturated heterocycles. The van der Waals surface area contributed by atoms with E-state index in [-0.39, 0.29) is 0 Å². The SMILES string of the molecule is c1ccc(-c2cc(-n3c(-c4cccnc4)cc4ccccc43)c3s[13cH]cc3c2)cc1. The van der Waals surface area contributed by atoms with Gasteiger partial charge in [-0.2, -0.15) is 0 Å². The number of nitrogens with zero attached hydrogens (tertiary/aromatic N) is 2. The van der Waals surface area contributed by atoms with E-state index < -0.39 is 0 Å². The number of hydrogen-bond donors (Lipinski definition) is 0. The Labute approximate surface area is 178 Å². The first-order valence-electron chi connectivity index (χ1n) is 9.96. The van der Waals surface area contributed by atoms with Crippen molar-refractivity contribution >= 4 is 32.3 Å². The maximum absolute atomic E-state index is 4.37. The second-order valence-electron chi connectivity index (χ2n) is 7.37. The molecule has 3 aromatic heterocycles. The van der Waals surface area contributed by atoms with Gasteiger partial charge in [0.2, 0.25) is 0 Å². The lowest BCUT2D eigenvalue weighted by Crippen LogP contribution is -1.98. The van der Waals surface area contributed by atoms with Crippen LogP contribution < -0.4 is 0 Å². The summed E-state index contributed by atoms with van der Waals surface area (Å²) in [7, 11) is 0. The van der Waals surface area contributed by atoms with E-state index >= 15 is 0 Å². The topological polar surface area (TPSA) is 17.8 Å². The molecule has 6 aromatic rings. The molecule has 0 atom stereocenters. The Morgan fingerprint density at radius 2 is 1.50 bits per heavy atom. The molecular weight excluding hydrogens is 385 g/mol. The van der Waals surface area contributed by atoms with Gasteiger partial charge in [-0.15, -0.1) is 11.3 Å². The normalized spacial score (nSPS) is 11.3. The molecule has 142 valence electrons. The van der Waals surface area contributed by atoms with Crippen LogP contribution in [-0.4, -0.2) is 9.55 Å². The number of para-hydroxylation sites is 1. The summed E-state index contributed by atoms with van der Waals surface area (Å²) in [5.41, 5.74) is 7.14. The van der Waals surface area contributed by atoms with Crippen LogP contribution in [0.25, 0.3) is 49.1 Å². The Kier molecular flexibility index (Phi) is 4.00. The van der Waals surface area contributed by atoms with Gasteiger partial charge in [0.25, 0.3) is 0 Å². The van der Waals surface area contributed by atoms with Gasteiger partial charge in [-0.3, -0.25) is 4.98 Å². The van der Waals surface area contributed by atoms with Crippen LogP contribution in [0, 0.1) is 0 Å². The zero-order chi connectivity index (χ0) is 19.9. The maximum Gasteiger partial charge on any atom is 0.0646 e. The average molecular weight is 404 g/mol. The molecule has 3 heteroatoms. The fourth-order valence-corrected chi connectivity index (χ4v) is 5.05. The monoisotopic (exact) mass is 403 g/mol. The Morgan fingerprint density at radius 3 is 2.37 bits per heavy atom. The number of benzene rings is 3. The van der Waals surface area contributed by atoms with Crippen LogP contribution in [0.2, 0.25) is 0 Å². The summed E-state index contributed by atoms with van der Waals surface area (Å²) in [4.78, 5) is 4.37. The third-order valence-electron chi connectivity index (χ3n) is 5.55. The predicted molar refractivity (Wildman–Crippen MR) is 127 cm³/mol. The Balaban J connectivity index is 1.71. The lowest BCUT2D eigenvalue weighted by molar-refractivity contribution is 1.15. The molecule has 0 N–H and O–H groups in total. The summed E-state index contributed by atoms with van der Waals surface area (Å²) in [6.07, 6.45) is 3.77. The first-order chi connectivity index (χ1) is 14.9. The van der Waals surface area contributed by atoms with Crippen molar-refractivity contribution in [1.29, 1.82) is 0 Å². The molecule has 0 aliphatic rings. The van der Waals surface area contributed by atoms with E-state index in [0.29, 0.717) is 0 Å². The summed E-state index contributed by atoms with van der Waals surface area (Å²) in [5.74, 6) is 0. The van der Waals surface area contributed by atoms with E-state index in [0.717, 1.165) is 11.3 Å². The fourth-order valence-electron chi connectivity index (χ4n) is 4.17. The van der Waals surface area contributed by atoms with Crippen molar-refractivity contribution < 1.29 is 0 Å². The number of aromatic nitrogens is 2. The molecule has 0 aliphatic heterocycles. The number of hydrogen-bond acceptors (Lipinski definition) is 2. The average Bonchev–Trinajstić information content (AvgIpc) is 3.44. The zero-order valence-corrected chi connectivity index (χ0v) is 17.0. The Hall–Kier alpha value is -3.69. The molecule has 0 saturated carbocycles. The third kappa shape index (κ3) is 2.75. The third-order valence-corrected chi connectivity index (χ3v) is 6.50. The first-order valence-corrected chi connectivity index (χ1v) is 10.8. The zero-order valence-electron chi connectivity index (χ0n) is 16.2. The van der Waals surface area contributed by atoms with Crippen LogP contribution in [0.5, 0.6) is 0 Å². The smallest absolute Gasteiger partial charge is 0.0646 e. The molecule has 2 nitrogen and oxygen atoms in total. The standard InChI is InChI=1S/C27H18N2S/c1-2-7-19(8-3-1)23-15-21-12-14-30-27(21)26(17-23)29-24-11-5-4-9-20(24)16-25(29)22-10-6-13-28-18-22/h1-18H/i14+1. The summed E-state index contributed by atoms with van der Waals surface area (Å²) in [5, 5.41) is 4.68. The minimum Gasteiger partial charge on any atom is -0.308 e. The summed E-state index contributed by atoms with van der Waals surface area (Å²) < 4.78 is 3.68. The number of thiophene rings is 1. The van der Waals surface area contributed by atoms with Crippen molar-refractivity contribution in [1.82, 2.24) is 9.55 Å². The largest absolute Gasteiger partial charge is 0.308 e. The lowest BCUT2D eigenvalue weighted by Gasteiger charge is -2.14. The molecule has 6 rings (SSSR count). The molecule has 0 amide bonds. The molecule has 3 aromatic carbocycles. The highest BCUT2D eigenvalue weighted by molar-refractivity contribution is 7.17. The summed E-state index contributed by atoms with van der Waals surface area (Å²) in [6.45, 7) is 0. The van der Waals surface area contributed by atoms with Crippen LogP contribution in [-0.2, 0) is 0 Å². The van der Waals surface area contributed by atoms with E-state index in [1.165, 1.54) is 37.8 Å². The van der Waals surface area contributed by atoms with Gasteiger partial charge in [-0.1, -0.05) is 48.5 Å². The molecule has 0 aliphatic carbocycles. The van der Waals surface area contributed by atoms with Crippen molar-refractivity contribution in [2.24, 2.45) is 0 Å². The van der Waals surface area contributed by atoms with E-state index in [1.807, 2.05) is 18.5 Å². The van der Waals surface area contributed by atoms with E-state index in [2.05, 4.69) is 99.9 Å². The van der Waals surface area contributed by atoms with Gasteiger partial charge in [0.05, 0.1) is 21.6 Å². The van der Waals surface area contributed by atoms with Gasteiger partial charge < -0.3 is 4.57 Å². The highest BCUT2D eigenvalue weighted by atomic mass is 32.1. The van der Waals surface area contributed by atoms with Crippen molar-refractivity contribution in [3.63, 3.8) is 0 Å². The Bertz CT molecular complexity index is 1480. The van der Waals surface area contributed by atoms with Crippen LogP contribution in [0.4, 0.5) is 0 Å². The predicted octanol–water partition coefficient (Wildman–Crippen LogP) is 7.57. The highest BCUT2D eigenvalue weighted by Crippen LogP contribution is 2.38. The molecular formula is C27H18N2S. The quantitative estimate of drug-likeness (QED) is 0.298. The van der Waals surface area contributed by atoms with Crippen LogP contribution in [0.1, 0.15) is 0 Å². The maximum atomic E-state index is 4.37. The van der Waals surface area contributed by atoms with E-state index in [1.54, 1.807) is 11.3 Å². The minimum absolute atomic E-state index is 1.11. The molecule has 30 heavy (non-hydrogen) atoms. The van der Waals surface area contributed by atoms with Crippen molar-refractivity contribution in [2.75, 3.05) is 0 Å². The highest BCUT2D eigenvalue weighted by Gasteiger charge is 2.16. The van der Waals surface area contributed by atoms with E-state index in [9.17, 15) is 0 Å². The van der Waals surface area contributed by atoms with Gasteiger partial charge in [-0.25, -0.2) is 0 Å². The van der Waals surface area contributed by atoms with Gasteiger partial charge >= 0.3 is 0 Å². The van der Waals surface area contributed by atoms with Crippen molar-refractivity contribution in [2.45, 2.75) is 0 Å². The second-order valence-corrected chi connectivity index (χ2v) is 8.28. The molecule has 0 fully saturated rings. The second kappa shape index (κ2) is 6.97. The van der Waals surface area contributed by atoms with Gasteiger partial charge in [0, 0.05) is 23.3 Å². The van der Waals surface area contributed by atoms with Crippen molar-refractivity contribution in [3.8, 4) is 28.1 Å². The number of pyridine rings is 1. The van der Waals surface area contributed by atoms with Crippen LogP contribution >= 0.6 is 11.3 Å². The van der Waals surface area contributed by atoms with Crippen LogP contribution in [0.15, 0.2) is 109 Å². The van der Waals surface area contributed by atoms with E-state index in [4.69, 9.17) is 0 Å². The Morgan fingerprint density at radius 1 is 0.667 bits per heavy atom. The first kappa shape index (κ1) is 17.2. The van der Waals surface area contributed by atoms with Crippen molar-refractivity contribution in [3.05, 3.63) is 109 Å².